The van der Waals surface area contributed by atoms with E-state index in [1.54, 1.807) is 44.4 Å². The van der Waals surface area contributed by atoms with E-state index in [4.69, 9.17) is 4.74 Å². The Morgan fingerprint density at radius 3 is 2.17 bits per heavy atom. The van der Waals surface area contributed by atoms with Crippen molar-refractivity contribution in [2.45, 2.75) is 25.8 Å². The maximum absolute atomic E-state index is 13.4. The topological polar surface area (TPSA) is 90.3 Å². The number of ether oxygens (including phenoxy) is 1. The van der Waals surface area contributed by atoms with Gasteiger partial charge in [-0.05, 0) is 85.5 Å². The van der Waals surface area contributed by atoms with E-state index in [0.29, 0.717) is 28.1 Å². The van der Waals surface area contributed by atoms with Gasteiger partial charge in [0.15, 0.2) is 0 Å². The van der Waals surface area contributed by atoms with Gasteiger partial charge in [-0.3, -0.25) is 14.5 Å². The number of nitrogens with zero attached hydrogens (tertiary/aromatic N) is 2. The van der Waals surface area contributed by atoms with Crippen LogP contribution in [0, 0.1) is 6.92 Å². The van der Waals surface area contributed by atoms with Crippen LogP contribution in [-0.4, -0.2) is 42.1 Å². The Morgan fingerprint density at radius 1 is 0.917 bits per heavy atom. The molecule has 3 aromatic rings. The van der Waals surface area contributed by atoms with E-state index in [-0.39, 0.29) is 17.1 Å². The number of rotatable bonds is 5. The minimum atomic E-state index is -0.857. The lowest BCUT2D eigenvalue weighted by molar-refractivity contribution is -0.132. The average molecular weight is 485 g/mol. The molecule has 5 rings (SSSR count). The number of amides is 1. The van der Waals surface area contributed by atoms with E-state index in [2.05, 4.69) is 4.90 Å². The van der Waals surface area contributed by atoms with Crippen molar-refractivity contribution in [1.29, 1.82) is 0 Å². The standard InChI is InChI=1S/C29H28N2O5/c1-18-17-23(36-2)13-14-24(18)27(33)25-26(19-5-11-22(32)12-6-19)31(29(35)28(25)34)21-9-7-20(8-10-21)30-15-3-4-16-30/h5-14,17,26,32-33H,3-4,15-16H2,1-2H3/b27-25-. The summed E-state index contributed by atoms with van der Waals surface area (Å²) in [5.41, 5.74) is 3.39. The molecule has 0 aromatic heterocycles. The molecule has 0 aliphatic carbocycles. The third-order valence-electron chi connectivity index (χ3n) is 6.94. The van der Waals surface area contributed by atoms with Crippen molar-refractivity contribution < 1.29 is 24.5 Å². The zero-order valence-electron chi connectivity index (χ0n) is 20.3. The largest absolute Gasteiger partial charge is 0.508 e. The molecule has 2 aliphatic rings. The number of aliphatic hydroxyl groups excluding tert-OH is 1. The number of carbonyl (C=O) groups excluding carboxylic acids is 2. The number of Topliss-reactive ketones (excluding diaryl/α,β-unsaturated/α-hetero) is 1. The number of anilines is 2. The lowest BCUT2D eigenvalue weighted by atomic mass is 9.93. The molecule has 36 heavy (non-hydrogen) atoms. The van der Waals surface area contributed by atoms with Crippen molar-refractivity contribution in [3.05, 3.63) is 89.0 Å². The van der Waals surface area contributed by atoms with Gasteiger partial charge < -0.3 is 19.8 Å². The first kappa shape index (κ1) is 23.5. The fraction of sp³-hybridized carbons (Fsp3) is 0.241. The Balaban J connectivity index is 1.63. The Bertz CT molecular complexity index is 1340. The van der Waals surface area contributed by atoms with Crippen molar-refractivity contribution in [2.24, 2.45) is 0 Å². The number of carbonyl (C=O) groups is 2. The molecule has 1 amide bonds. The highest BCUT2D eigenvalue weighted by molar-refractivity contribution is 6.51. The molecule has 184 valence electrons. The molecule has 7 heteroatoms. The molecular weight excluding hydrogens is 456 g/mol. The van der Waals surface area contributed by atoms with Crippen LogP contribution in [0.3, 0.4) is 0 Å². The van der Waals surface area contributed by atoms with Crippen LogP contribution in [0.15, 0.2) is 72.3 Å². The number of benzene rings is 3. The fourth-order valence-electron chi connectivity index (χ4n) is 5.04. The van der Waals surface area contributed by atoms with E-state index < -0.39 is 17.7 Å². The van der Waals surface area contributed by atoms with Crippen LogP contribution in [-0.2, 0) is 9.59 Å². The van der Waals surface area contributed by atoms with Gasteiger partial charge in [0, 0.05) is 30.0 Å². The summed E-state index contributed by atoms with van der Waals surface area (Å²) in [6.07, 6.45) is 2.31. The van der Waals surface area contributed by atoms with Crippen LogP contribution in [0.1, 0.15) is 35.6 Å². The molecule has 3 aromatic carbocycles. The Morgan fingerprint density at radius 2 is 1.56 bits per heavy atom. The van der Waals surface area contributed by atoms with Crippen molar-refractivity contribution in [1.82, 2.24) is 0 Å². The second kappa shape index (κ2) is 9.41. The van der Waals surface area contributed by atoms with E-state index in [1.807, 2.05) is 24.3 Å². The molecule has 1 atom stereocenters. The van der Waals surface area contributed by atoms with Gasteiger partial charge in [0.05, 0.1) is 18.7 Å². The number of hydrogen-bond acceptors (Lipinski definition) is 6. The van der Waals surface area contributed by atoms with Crippen LogP contribution in [0.4, 0.5) is 11.4 Å². The van der Waals surface area contributed by atoms with Gasteiger partial charge in [0.25, 0.3) is 11.7 Å². The maximum atomic E-state index is 13.4. The van der Waals surface area contributed by atoms with Gasteiger partial charge in [-0.15, -0.1) is 0 Å². The lowest BCUT2D eigenvalue weighted by Gasteiger charge is -2.26. The molecule has 2 N–H and O–H groups in total. The summed E-state index contributed by atoms with van der Waals surface area (Å²) in [7, 11) is 1.56. The third kappa shape index (κ3) is 4.06. The van der Waals surface area contributed by atoms with Crippen molar-refractivity contribution in [3.63, 3.8) is 0 Å². The lowest BCUT2D eigenvalue weighted by Crippen LogP contribution is -2.29. The number of hydrogen-bond donors (Lipinski definition) is 2. The molecule has 0 saturated carbocycles. The Labute approximate surface area is 209 Å². The number of phenolic OH excluding ortho intramolecular Hbond substituents is 1. The summed E-state index contributed by atoms with van der Waals surface area (Å²) in [5, 5.41) is 21.2. The maximum Gasteiger partial charge on any atom is 0.300 e. The van der Waals surface area contributed by atoms with Crippen molar-refractivity contribution >= 4 is 28.8 Å². The smallest absolute Gasteiger partial charge is 0.300 e. The first-order valence-corrected chi connectivity index (χ1v) is 12.0. The number of aliphatic hydroxyl groups is 1. The Kier molecular flexibility index (Phi) is 6.14. The number of ketones is 1. The number of aryl methyl sites for hydroxylation is 1. The monoisotopic (exact) mass is 484 g/mol. The number of phenols is 1. The van der Waals surface area contributed by atoms with Gasteiger partial charge >= 0.3 is 0 Å². The average Bonchev–Trinajstić information content (AvgIpc) is 3.51. The summed E-state index contributed by atoms with van der Waals surface area (Å²) in [6.45, 7) is 3.80. The summed E-state index contributed by atoms with van der Waals surface area (Å²) >= 11 is 0. The van der Waals surface area contributed by atoms with Crippen LogP contribution in [0.25, 0.3) is 5.76 Å². The summed E-state index contributed by atoms with van der Waals surface area (Å²) in [6, 6.07) is 18.2. The third-order valence-corrected chi connectivity index (χ3v) is 6.94. The summed E-state index contributed by atoms with van der Waals surface area (Å²) < 4.78 is 5.26. The predicted molar refractivity (Wildman–Crippen MR) is 139 cm³/mol. The minimum absolute atomic E-state index is 0.00239. The van der Waals surface area contributed by atoms with Gasteiger partial charge in [0.2, 0.25) is 0 Å². The van der Waals surface area contributed by atoms with Gasteiger partial charge in [-0.25, -0.2) is 0 Å². The number of aromatic hydroxyl groups is 1. The van der Waals surface area contributed by atoms with Crippen LogP contribution < -0.4 is 14.5 Å². The summed E-state index contributed by atoms with van der Waals surface area (Å²) in [4.78, 5) is 30.5. The highest BCUT2D eigenvalue weighted by Crippen LogP contribution is 2.43. The highest BCUT2D eigenvalue weighted by atomic mass is 16.5. The molecule has 2 heterocycles. The quantitative estimate of drug-likeness (QED) is 0.303. The highest BCUT2D eigenvalue weighted by Gasteiger charge is 2.47. The van der Waals surface area contributed by atoms with Crippen molar-refractivity contribution in [2.75, 3.05) is 30.0 Å². The second-order valence-corrected chi connectivity index (χ2v) is 9.15. The van der Waals surface area contributed by atoms with Crippen LogP contribution in [0.5, 0.6) is 11.5 Å². The molecule has 7 nitrogen and oxygen atoms in total. The molecule has 2 saturated heterocycles. The van der Waals surface area contributed by atoms with Gasteiger partial charge in [-0.1, -0.05) is 12.1 Å². The molecule has 1 unspecified atom stereocenters. The molecule has 0 spiro atoms. The first-order chi connectivity index (χ1) is 17.4. The second-order valence-electron chi connectivity index (χ2n) is 9.15. The predicted octanol–water partition coefficient (Wildman–Crippen LogP) is 4.94. The van der Waals surface area contributed by atoms with Crippen molar-refractivity contribution in [3.8, 4) is 11.5 Å². The zero-order chi connectivity index (χ0) is 25.4. The molecular formula is C29H28N2O5. The fourth-order valence-corrected chi connectivity index (χ4v) is 5.04. The van der Waals surface area contributed by atoms with Crippen LogP contribution in [0.2, 0.25) is 0 Å². The number of methoxy groups -OCH3 is 1. The van der Waals surface area contributed by atoms with E-state index in [1.165, 1.54) is 17.0 Å². The normalized spacial score (nSPS) is 19.2. The van der Waals surface area contributed by atoms with E-state index >= 15 is 0 Å². The molecule has 2 fully saturated rings. The Hall–Kier alpha value is -4.26. The minimum Gasteiger partial charge on any atom is -0.508 e. The van der Waals surface area contributed by atoms with Gasteiger partial charge in [-0.2, -0.15) is 0 Å². The summed E-state index contributed by atoms with van der Waals surface area (Å²) in [5.74, 6) is -1.03. The first-order valence-electron chi connectivity index (χ1n) is 12.0. The van der Waals surface area contributed by atoms with E-state index in [9.17, 15) is 19.8 Å². The van der Waals surface area contributed by atoms with E-state index in [0.717, 1.165) is 31.6 Å². The van der Waals surface area contributed by atoms with Crippen LogP contribution >= 0.6 is 0 Å². The molecule has 0 bridgehead atoms. The SMILES string of the molecule is COc1ccc(/C(O)=C2/C(=O)C(=O)N(c3ccc(N4CCCC4)cc3)C2c2ccc(O)cc2)c(C)c1. The zero-order valence-corrected chi connectivity index (χ0v) is 20.3. The molecule has 0 radical (unpaired) electrons. The van der Waals surface area contributed by atoms with Gasteiger partial charge in [0.1, 0.15) is 17.3 Å². The molecule has 2 aliphatic heterocycles.